The van der Waals surface area contributed by atoms with Crippen LogP contribution in [0.2, 0.25) is 0 Å². The number of hydrogen-bond donors (Lipinski definition) is 0. The van der Waals surface area contributed by atoms with Crippen LogP contribution < -0.4 is 0 Å². The van der Waals surface area contributed by atoms with Crippen molar-refractivity contribution in [3.63, 3.8) is 0 Å². The number of rotatable bonds is 3. The molecule has 2 unspecified atom stereocenters. The number of fused-ring (bicyclic) bond motifs is 2. The summed E-state index contributed by atoms with van der Waals surface area (Å²) in [6.45, 7) is 3.99. The molecule has 2 aliphatic rings. The molecule has 2 atom stereocenters. The standard InChI is InChI=1S/C15H16O3/c1-3-4-7-15-13(17)10-6-5-9(2)8-11(10)12(16)14(15)18-15/h5-6,8,14H,3-4,7H2,1-2H3. The molecule has 1 aromatic carbocycles. The van der Waals surface area contributed by atoms with E-state index in [-0.39, 0.29) is 11.6 Å². The van der Waals surface area contributed by atoms with Gasteiger partial charge in [0.15, 0.2) is 23.3 Å². The maximum absolute atomic E-state index is 12.5. The number of benzene rings is 1. The molecule has 0 bridgehead atoms. The third-order valence-electron chi connectivity index (χ3n) is 3.90. The Morgan fingerprint density at radius 2 is 2.06 bits per heavy atom. The van der Waals surface area contributed by atoms with Crippen LogP contribution in [0.4, 0.5) is 0 Å². The molecule has 1 fully saturated rings. The number of ketones is 2. The zero-order chi connectivity index (χ0) is 12.9. The Balaban J connectivity index is 2.03. The average molecular weight is 244 g/mol. The third-order valence-corrected chi connectivity index (χ3v) is 3.90. The van der Waals surface area contributed by atoms with Crippen LogP contribution in [0.25, 0.3) is 0 Å². The third kappa shape index (κ3) is 1.40. The molecule has 0 N–H and O–H groups in total. The molecule has 3 heteroatoms. The van der Waals surface area contributed by atoms with Gasteiger partial charge in [-0.2, -0.15) is 0 Å². The highest BCUT2D eigenvalue weighted by atomic mass is 16.6. The molecule has 0 saturated carbocycles. The first kappa shape index (κ1) is 11.6. The number of unbranched alkanes of at least 4 members (excludes halogenated alkanes) is 1. The lowest BCUT2D eigenvalue weighted by atomic mass is 9.79. The van der Waals surface area contributed by atoms with Crippen molar-refractivity contribution in [2.45, 2.75) is 44.8 Å². The Morgan fingerprint density at radius 3 is 2.78 bits per heavy atom. The first-order valence-corrected chi connectivity index (χ1v) is 6.47. The van der Waals surface area contributed by atoms with Crippen molar-refractivity contribution in [1.29, 1.82) is 0 Å². The molecular weight excluding hydrogens is 228 g/mol. The summed E-state index contributed by atoms with van der Waals surface area (Å²) < 4.78 is 5.52. The largest absolute Gasteiger partial charge is 0.349 e. The molecule has 0 aromatic heterocycles. The lowest BCUT2D eigenvalue weighted by Gasteiger charge is -2.18. The molecule has 94 valence electrons. The number of carbonyl (C=O) groups excluding carboxylic acids is 2. The van der Waals surface area contributed by atoms with Gasteiger partial charge in [-0.1, -0.05) is 37.5 Å². The SMILES string of the molecule is CCCCC12OC1C(=O)c1cc(C)ccc1C2=O. The predicted octanol–water partition coefficient (Wildman–Crippen LogP) is 2.70. The number of epoxide rings is 1. The van der Waals surface area contributed by atoms with E-state index in [9.17, 15) is 9.59 Å². The van der Waals surface area contributed by atoms with Crippen LogP contribution in [0.1, 0.15) is 52.5 Å². The average Bonchev–Trinajstić information content (AvgIpc) is 3.10. The second-order valence-electron chi connectivity index (χ2n) is 5.23. The van der Waals surface area contributed by atoms with Crippen molar-refractivity contribution >= 4 is 11.6 Å². The molecule has 3 rings (SSSR count). The van der Waals surface area contributed by atoms with Gasteiger partial charge in [0, 0.05) is 11.1 Å². The second kappa shape index (κ2) is 3.75. The Morgan fingerprint density at radius 1 is 1.28 bits per heavy atom. The van der Waals surface area contributed by atoms with E-state index in [0.29, 0.717) is 17.5 Å². The van der Waals surface area contributed by atoms with E-state index in [2.05, 4.69) is 6.92 Å². The quantitative estimate of drug-likeness (QED) is 0.768. The molecule has 18 heavy (non-hydrogen) atoms. The predicted molar refractivity (Wildman–Crippen MR) is 67.0 cm³/mol. The molecule has 0 radical (unpaired) electrons. The molecule has 1 aliphatic heterocycles. The number of hydrogen-bond acceptors (Lipinski definition) is 3. The lowest BCUT2D eigenvalue weighted by Crippen LogP contribution is -2.36. The van der Waals surface area contributed by atoms with Crippen molar-refractivity contribution < 1.29 is 14.3 Å². The minimum atomic E-state index is -0.824. The molecular formula is C15H16O3. The van der Waals surface area contributed by atoms with Crippen molar-refractivity contribution in [1.82, 2.24) is 0 Å². The van der Waals surface area contributed by atoms with Gasteiger partial charge in [0.05, 0.1) is 0 Å². The summed E-state index contributed by atoms with van der Waals surface area (Å²) >= 11 is 0. The minimum Gasteiger partial charge on any atom is -0.349 e. The Bertz CT molecular complexity index is 547. The maximum atomic E-state index is 12.5. The van der Waals surface area contributed by atoms with E-state index in [0.717, 1.165) is 18.4 Å². The van der Waals surface area contributed by atoms with Gasteiger partial charge in [-0.15, -0.1) is 0 Å². The van der Waals surface area contributed by atoms with Crippen molar-refractivity contribution in [3.8, 4) is 0 Å². The summed E-state index contributed by atoms with van der Waals surface area (Å²) in [7, 11) is 0. The van der Waals surface area contributed by atoms with Crippen LogP contribution in [-0.4, -0.2) is 23.3 Å². The monoisotopic (exact) mass is 244 g/mol. The lowest BCUT2D eigenvalue weighted by molar-refractivity contribution is 0.0850. The first-order chi connectivity index (χ1) is 8.60. The fourth-order valence-corrected chi connectivity index (χ4v) is 2.79. The Labute approximate surface area is 106 Å². The Hall–Kier alpha value is -1.48. The molecule has 0 spiro atoms. The molecule has 3 nitrogen and oxygen atoms in total. The van der Waals surface area contributed by atoms with Gasteiger partial charge in [-0.3, -0.25) is 9.59 Å². The van der Waals surface area contributed by atoms with E-state index >= 15 is 0 Å². The highest BCUT2D eigenvalue weighted by Gasteiger charge is 2.68. The number of ether oxygens (including phenoxy) is 1. The number of Topliss-reactive ketones (excluding diaryl/α,β-unsaturated/α-hetero) is 2. The van der Waals surface area contributed by atoms with Gasteiger partial charge < -0.3 is 4.74 Å². The zero-order valence-electron chi connectivity index (χ0n) is 10.7. The summed E-state index contributed by atoms with van der Waals surface area (Å²) in [5, 5.41) is 0. The van der Waals surface area contributed by atoms with Gasteiger partial charge >= 0.3 is 0 Å². The summed E-state index contributed by atoms with van der Waals surface area (Å²) in [5.41, 5.74) is 1.25. The van der Waals surface area contributed by atoms with Crippen LogP contribution in [0.3, 0.4) is 0 Å². The molecule has 1 saturated heterocycles. The molecule has 1 heterocycles. The van der Waals surface area contributed by atoms with E-state index < -0.39 is 11.7 Å². The van der Waals surface area contributed by atoms with E-state index in [1.807, 2.05) is 13.0 Å². The summed E-state index contributed by atoms with van der Waals surface area (Å²) in [5.74, 6) is -0.0278. The maximum Gasteiger partial charge on any atom is 0.198 e. The van der Waals surface area contributed by atoms with Crippen LogP contribution in [0.15, 0.2) is 18.2 Å². The van der Waals surface area contributed by atoms with Gasteiger partial charge in [0.1, 0.15) is 0 Å². The number of aryl methyl sites for hydroxylation is 1. The van der Waals surface area contributed by atoms with Gasteiger partial charge in [0.25, 0.3) is 0 Å². The van der Waals surface area contributed by atoms with Crippen LogP contribution in [0.5, 0.6) is 0 Å². The van der Waals surface area contributed by atoms with Crippen LogP contribution in [-0.2, 0) is 4.74 Å². The highest BCUT2D eigenvalue weighted by molar-refractivity contribution is 6.22. The smallest absolute Gasteiger partial charge is 0.198 e. The normalized spacial score (nSPS) is 28.9. The summed E-state index contributed by atoms with van der Waals surface area (Å²) in [4.78, 5) is 24.7. The van der Waals surface area contributed by atoms with E-state index in [1.54, 1.807) is 12.1 Å². The van der Waals surface area contributed by atoms with Crippen LogP contribution in [0, 0.1) is 6.92 Å². The Kier molecular flexibility index (Phi) is 2.42. The summed E-state index contributed by atoms with van der Waals surface area (Å²) in [6.07, 6.45) is 2.05. The summed E-state index contributed by atoms with van der Waals surface area (Å²) in [6, 6.07) is 5.43. The van der Waals surface area contributed by atoms with Gasteiger partial charge in [-0.05, 0) is 19.4 Å². The highest BCUT2D eigenvalue weighted by Crippen LogP contribution is 2.49. The van der Waals surface area contributed by atoms with Crippen LogP contribution >= 0.6 is 0 Å². The number of carbonyl (C=O) groups is 2. The topological polar surface area (TPSA) is 46.7 Å². The van der Waals surface area contributed by atoms with Gasteiger partial charge in [0.2, 0.25) is 0 Å². The molecule has 1 aliphatic carbocycles. The first-order valence-electron chi connectivity index (χ1n) is 6.47. The fourth-order valence-electron chi connectivity index (χ4n) is 2.79. The van der Waals surface area contributed by atoms with E-state index in [4.69, 9.17) is 4.74 Å². The molecule has 1 aromatic rings. The minimum absolute atomic E-state index is 0.00412. The zero-order valence-corrected chi connectivity index (χ0v) is 10.7. The van der Waals surface area contributed by atoms with Gasteiger partial charge in [-0.25, -0.2) is 0 Å². The second-order valence-corrected chi connectivity index (χ2v) is 5.23. The fraction of sp³-hybridized carbons (Fsp3) is 0.467. The van der Waals surface area contributed by atoms with Crippen molar-refractivity contribution in [2.75, 3.05) is 0 Å². The van der Waals surface area contributed by atoms with Crippen molar-refractivity contribution in [2.24, 2.45) is 0 Å². The van der Waals surface area contributed by atoms with Crippen molar-refractivity contribution in [3.05, 3.63) is 34.9 Å². The van der Waals surface area contributed by atoms with E-state index in [1.165, 1.54) is 0 Å². The molecule has 0 amide bonds.